The molecule has 8 nitrogen and oxygen atoms in total. The molecule has 0 saturated carbocycles. The van der Waals surface area contributed by atoms with Crippen molar-refractivity contribution in [2.75, 3.05) is 20.2 Å². The number of carbonyl (C=O) groups is 1. The molecule has 0 radical (unpaired) electrons. The maximum Gasteiger partial charge on any atom is 0.289 e. The van der Waals surface area contributed by atoms with Crippen LogP contribution in [0.1, 0.15) is 40.0 Å². The van der Waals surface area contributed by atoms with Gasteiger partial charge in [0.2, 0.25) is 5.88 Å². The zero-order valence-electron chi connectivity index (χ0n) is 16.5. The van der Waals surface area contributed by atoms with Gasteiger partial charge in [0.1, 0.15) is 5.69 Å². The van der Waals surface area contributed by atoms with Gasteiger partial charge in [-0.1, -0.05) is 18.2 Å². The van der Waals surface area contributed by atoms with Crippen molar-refractivity contribution in [1.82, 2.24) is 24.8 Å². The van der Waals surface area contributed by atoms with Crippen LogP contribution in [0, 0.1) is 0 Å². The summed E-state index contributed by atoms with van der Waals surface area (Å²) in [5.74, 6) is 1.98. The van der Waals surface area contributed by atoms with Crippen LogP contribution in [0.25, 0.3) is 6.08 Å². The van der Waals surface area contributed by atoms with Crippen LogP contribution in [0.5, 0.6) is 17.4 Å². The van der Waals surface area contributed by atoms with E-state index in [9.17, 15) is 4.79 Å². The highest BCUT2D eigenvalue weighted by molar-refractivity contribution is 5.92. The fraction of sp³-hybridized carbons (Fsp3) is 0.273. The topological polar surface area (TPSA) is 93.2 Å². The first-order valence-corrected chi connectivity index (χ1v) is 9.89. The van der Waals surface area contributed by atoms with E-state index in [0.29, 0.717) is 36.3 Å². The summed E-state index contributed by atoms with van der Waals surface area (Å²) in [6.07, 6.45) is 9.13. The molecular weight excluding hydrogens is 382 g/mol. The number of rotatable bonds is 5. The lowest BCUT2D eigenvalue weighted by Crippen LogP contribution is -2.49. The molecule has 0 bridgehead atoms. The molecule has 0 spiro atoms. The maximum atomic E-state index is 12.8. The summed E-state index contributed by atoms with van der Waals surface area (Å²) >= 11 is 0. The van der Waals surface area contributed by atoms with Gasteiger partial charge in [0.05, 0.1) is 12.8 Å². The number of aromatic amines is 1. The average Bonchev–Trinajstić information content (AvgIpc) is 3.18. The molecule has 1 amide bonds. The number of ether oxygens (including phenoxy) is 2. The number of carbonyl (C=O) groups excluding carboxylic acids is 1. The number of nitrogens with zero attached hydrogens (tertiary/aromatic N) is 4. The number of para-hydroxylation sites is 2. The van der Waals surface area contributed by atoms with Crippen molar-refractivity contribution >= 4 is 12.0 Å². The number of aromatic nitrogens is 4. The number of likely N-dealkylation sites (tertiary alicyclic amines) is 1. The van der Waals surface area contributed by atoms with Gasteiger partial charge in [0.25, 0.3) is 5.91 Å². The van der Waals surface area contributed by atoms with Gasteiger partial charge >= 0.3 is 0 Å². The number of aryl methyl sites for hydroxylation is 1. The van der Waals surface area contributed by atoms with E-state index in [-0.39, 0.29) is 11.8 Å². The predicted octanol–water partition coefficient (Wildman–Crippen LogP) is 3.20. The fourth-order valence-corrected chi connectivity index (χ4v) is 3.74. The molecule has 8 heteroatoms. The van der Waals surface area contributed by atoms with Crippen molar-refractivity contribution in [2.24, 2.45) is 0 Å². The van der Waals surface area contributed by atoms with E-state index in [2.05, 4.69) is 26.0 Å². The molecule has 0 atom stereocenters. The zero-order chi connectivity index (χ0) is 20.5. The van der Waals surface area contributed by atoms with E-state index in [0.717, 1.165) is 29.9 Å². The van der Waals surface area contributed by atoms with Gasteiger partial charge in [0, 0.05) is 37.1 Å². The normalized spacial score (nSPS) is 15.4. The summed E-state index contributed by atoms with van der Waals surface area (Å²) in [6, 6.07) is 7.39. The molecule has 0 unspecified atom stereocenters. The summed E-state index contributed by atoms with van der Waals surface area (Å²) in [5, 5.41) is 0. The minimum atomic E-state index is -0.0925. The molecule has 1 fully saturated rings. The van der Waals surface area contributed by atoms with Crippen molar-refractivity contribution in [3.63, 3.8) is 0 Å². The van der Waals surface area contributed by atoms with Crippen molar-refractivity contribution in [1.29, 1.82) is 0 Å². The molecule has 1 N–H and O–H groups in total. The lowest BCUT2D eigenvalue weighted by atomic mass is 9.96. The third-order valence-corrected chi connectivity index (χ3v) is 5.37. The fourth-order valence-electron chi connectivity index (χ4n) is 3.74. The van der Waals surface area contributed by atoms with E-state index in [1.54, 1.807) is 24.4 Å². The Kier molecular flexibility index (Phi) is 4.66. The maximum absolute atomic E-state index is 12.8. The first-order chi connectivity index (χ1) is 14.7. The Labute approximate surface area is 173 Å². The molecule has 1 aromatic carbocycles. The predicted molar refractivity (Wildman–Crippen MR) is 110 cm³/mol. The molecule has 3 aromatic rings. The van der Waals surface area contributed by atoms with Gasteiger partial charge < -0.3 is 19.4 Å². The number of fused-ring (bicyclic) bond motifs is 1. The Hall–Kier alpha value is -3.68. The van der Waals surface area contributed by atoms with Gasteiger partial charge in [-0.05, 0) is 31.1 Å². The molecule has 1 aliphatic heterocycles. The van der Waals surface area contributed by atoms with Crippen molar-refractivity contribution in [3.8, 4) is 17.4 Å². The number of H-pyrrole nitrogens is 1. The third-order valence-electron chi connectivity index (χ3n) is 5.37. The van der Waals surface area contributed by atoms with Crippen LogP contribution in [0.15, 0.2) is 42.7 Å². The van der Waals surface area contributed by atoms with Crippen molar-refractivity contribution in [2.45, 2.75) is 18.8 Å². The standard InChI is InChI=1S/C22H21N5O3/c1-29-17-8-4-5-9-18(17)30-21-19(23-10-11-24-21)14-12-27(13-14)22(28)20-25-15-6-2-3-7-16(15)26-20/h2,4-6,8-11,14H,3,7,12-13H2,1H3,(H,25,26). The van der Waals surface area contributed by atoms with Gasteiger partial charge in [-0.2, -0.15) is 0 Å². The second-order valence-electron chi connectivity index (χ2n) is 7.30. The minimum Gasteiger partial charge on any atom is -0.493 e. The highest BCUT2D eigenvalue weighted by Crippen LogP contribution is 2.36. The molecule has 30 heavy (non-hydrogen) atoms. The van der Waals surface area contributed by atoms with E-state index in [1.807, 2.05) is 30.3 Å². The number of benzene rings is 1. The number of imidazole rings is 1. The molecule has 1 saturated heterocycles. The third kappa shape index (κ3) is 3.30. The summed E-state index contributed by atoms with van der Waals surface area (Å²) in [4.78, 5) is 31.0. The van der Waals surface area contributed by atoms with Gasteiger partial charge in [-0.3, -0.25) is 9.78 Å². The number of amides is 1. The Morgan fingerprint density at radius 3 is 2.77 bits per heavy atom. The number of hydrogen-bond donors (Lipinski definition) is 1. The Balaban J connectivity index is 1.30. The lowest BCUT2D eigenvalue weighted by Gasteiger charge is -2.38. The highest BCUT2D eigenvalue weighted by Gasteiger charge is 2.37. The minimum absolute atomic E-state index is 0.0526. The van der Waals surface area contributed by atoms with Gasteiger partial charge in [0.15, 0.2) is 17.3 Å². The highest BCUT2D eigenvalue weighted by atomic mass is 16.5. The smallest absolute Gasteiger partial charge is 0.289 e. The first kappa shape index (κ1) is 18.4. The van der Waals surface area contributed by atoms with Crippen LogP contribution in [0.4, 0.5) is 0 Å². The van der Waals surface area contributed by atoms with Gasteiger partial charge in [-0.25, -0.2) is 9.97 Å². The van der Waals surface area contributed by atoms with Crippen LogP contribution in [-0.4, -0.2) is 50.9 Å². The van der Waals surface area contributed by atoms with Crippen LogP contribution >= 0.6 is 0 Å². The van der Waals surface area contributed by atoms with Crippen molar-refractivity contribution in [3.05, 3.63) is 65.6 Å². The van der Waals surface area contributed by atoms with Crippen LogP contribution in [-0.2, 0) is 6.42 Å². The van der Waals surface area contributed by atoms with Gasteiger partial charge in [-0.15, -0.1) is 0 Å². The second-order valence-corrected chi connectivity index (χ2v) is 7.30. The Morgan fingerprint density at radius 1 is 1.17 bits per heavy atom. The second kappa shape index (κ2) is 7.62. The summed E-state index contributed by atoms with van der Waals surface area (Å²) in [7, 11) is 1.59. The average molecular weight is 403 g/mol. The van der Waals surface area contributed by atoms with E-state index < -0.39 is 0 Å². The first-order valence-electron chi connectivity index (χ1n) is 9.89. The van der Waals surface area contributed by atoms with Crippen LogP contribution in [0.2, 0.25) is 0 Å². The summed E-state index contributed by atoms with van der Waals surface area (Å²) in [6.45, 7) is 1.09. The van der Waals surface area contributed by atoms with Crippen LogP contribution in [0.3, 0.4) is 0 Å². The summed E-state index contributed by atoms with van der Waals surface area (Å²) in [5.41, 5.74) is 2.62. The van der Waals surface area contributed by atoms with E-state index in [4.69, 9.17) is 9.47 Å². The molecule has 1 aliphatic carbocycles. The molecule has 2 aromatic heterocycles. The number of allylic oxidation sites excluding steroid dienone is 1. The Bertz CT molecular complexity index is 1120. The molecule has 152 valence electrons. The zero-order valence-corrected chi connectivity index (χ0v) is 16.5. The Morgan fingerprint density at radius 2 is 1.97 bits per heavy atom. The molecule has 5 rings (SSSR count). The number of methoxy groups -OCH3 is 1. The lowest BCUT2D eigenvalue weighted by molar-refractivity contribution is 0.0584. The van der Waals surface area contributed by atoms with Crippen molar-refractivity contribution < 1.29 is 14.3 Å². The molecule has 2 aliphatic rings. The van der Waals surface area contributed by atoms with E-state index in [1.165, 1.54) is 0 Å². The SMILES string of the molecule is COc1ccccc1Oc1nccnc1C1CN(C(=O)c2nc3c([nH]2)CCC=C3)C1. The molecular formula is C22H21N5O3. The quantitative estimate of drug-likeness (QED) is 0.703. The van der Waals surface area contributed by atoms with E-state index >= 15 is 0 Å². The van der Waals surface area contributed by atoms with Crippen LogP contribution < -0.4 is 9.47 Å². The molecule has 3 heterocycles. The monoisotopic (exact) mass is 403 g/mol. The largest absolute Gasteiger partial charge is 0.493 e. The number of nitrogens with one attached hydrogen (secondary N) is 1. The number of hydrogen-bond acceptors (Lipinski definition) is 6. The summed E-state index contributed by atoms with van der Waals surface area (Å²) < 4.78 is 11.3.